The lowest BCUT2D eigenvalue weighted by molar-refractivity contribution is -0.161. The van der Waals surface area contributed by atoms with Crippen molar-refractivity contribution in [2.24, 2.45) is 23.7 Å². The maximum atomic E-state index is 13.0. The zero-order valence-electron chi connectivity index (χ0n) is 56.6. The summed E-state index contributed by atoms with van der Waals surface area (Å²) in [4.78, 5) is 72.3. The van der Waals surface area contributed by atoms with Gasteiger partial charge in [-0.05, 0) is 49.4 Å². The molecule has 0 rings (SSSR count). The van der Waals surface area contributed by atoms with E-state index >= 15 is 0 Å². The quantitative estimate of drug-likeness (QED) is 0.0222. The summed E-state index contributed by atoms with van der Waals surface area (Å²) >= 11 is 0. The first-order valence-corrected chi connectivity index (χ1v) is 38.2. The SMILES string of the molecule is CCC(C)CCCCCCCCCCCCCCCCC(=O)O[C@H](COC(=O)CCCCCCCCC(C)C)COP(=O)(O)OCC(O)COP(=O)(O)OC[C@@H](COC(=O)CCCCCCCCCCC(C)C)OC(=O)CCCCCCCCC(C)C. The van der Waals surface area contributed by atoms with Crippen molar-refractivity contribution in [1.29, 1.82) is 0 Å². The third-order valence-electron chi connectivity index (χ3n) is 15.9. The minimum Gasteiger partial charge on any atom is -0.462 e. The monoisotopic (exact) mass is 1280 g/mol. The number of phosphoric acid groups is 2. The summed E-state index contributed by atoms with van der Waals surface area (Å²) < 4.78 is 68.1. The van der Waals surface area contributed by atoms with Gasteiger partial charge >= 0.3 is 39.5 Å². The molecule has 19 heteroatoms. The smallest absolute Gasteiger partial charge is 0.462 e. The third kappa shape index (κ3) is 61.3. The molecule has 0 amide bonds. The molecule has 0 aliphatic carbocycles. The molecule has 17 nitrogen and oxygen atoms in total. The molecule has 87 heavy (non-hydrogen) atoms. The highest BCUT2D eigenvalue weighted by Crippen LogP contribution is 2.45. The van der Waals surface area contributed by atoms with Crippen LogP contribution in [-0.2, 0) is 65.4 Å². The third-order valence-corrected chi connectivity index (χ3v) is 17.8. The molecule has 0 bridgehead atoms. The lowest BCUT2D eigenvalue weighted by Gasteiger charge is -2.21. The van der Waals surface area contributed by atoms with E-state index in [0.29, 0.717) is 37.5 Å². The van der Waals surface area contributed by atoms with Crippen molar-refractivity contribution in [3.05, 3.63) is 0 Å². The molecular formula is C68H132O17P2. The summed E-state index contributed by atoms with van der Waals surface area (Å²) in [5.74, 6) is 0.782. The molecule has 6 atom stereocenters. The Morgan fingerprint density at radius 2 is 0.552 bits per heavy atom. The van der Waals surface area contributed by atoms with E-state index in [9.17, 15) is 43.2 Å². The molecule has 4 unspecified atom stereocenters. The van der Waals surface area contributed by atoms with E-state index in [1.54, 1.807) is 0 Å². The number of aliphatic hydroxyl groups excluding tert-OH is 1. The molecule has 516 valence electrons. The fourth-order valence-electron chi connectivity index (χ4n) is 10.1. The Kier molecular flexibility index (Phi) is 56.6. The van der Waals surface area contributed by atoms with Gasteiger partial charge in [0.2, 0.25) is 0 Å². The first-order chi connectivity index (χ1) is 41.6. The largest absolute Gasteiger partial charge is 0.472 e. The van der Waals surface area contributed by atoms with E-state index in [0.717, 1.165) is 108 Å². The van der Waals surface area contributed by atoms with Gasteiger partial charge in [-0.2, -0.15) is 0 Å². The van der Waals surface area contributed by atoms with E-state index in [4.69, 9.17) is 37.0 Å². The van der Waals surface area contributed by atoms with E-state index < -0.39 is 97.5 Å². The molecule has 0 saturated carbocycles. The Labute approximate surface area is 530 Å². The predicted octanol–water partition coefficient (Wildman–Crippen LogP) is 18.9. The van der Waals surface area contributed by atoms with Crippen LogP contribution < -0.4 is 0 Å². The van der Waals surface area contributed by atoms with Crippen molar-refractivity contribution >= 4 is 39.5 Å². The van der Waals surface area contributed by atoms with E-state index in [1.807, 2.05) is 0 Å². The molecule has 0 fully saturated rings. The second-order valence-electron chi connectivity index (χ2n) is 26.2. The number of ether oxygens (including phenoxy) is 4. The number of carbonyl (C=O) groups is 4. The maximum Gasteiger partial charge on any atom is 0.472 e. The van der Waals surface area contributed by atoms with Gasteiger partial charge in [0.05, 0.1) is 26.4 Å². The van der Waals surface area contributed by atoms with Crippen molar-refractivity contribution in [1.82, 2.24) is 0 Å². The topological polar surface area (TPSA) is 237 Å². The first kappa shape index (κ1) is 85.1. The lowest BCUT2D eigenvalue weighted by atomic mass is 9.99. The van der Waals surface area contributed by atoms with Gasteiger partial charge in [-0.1, -0.05) is 280 Å². The predicted molar refractivity (Wildman–Crippen MR) is 349 cm³/mol. The summed E-state index contributed by atoms with van der Waals surface area (Å²) in [6.07, 6.45) is 39.3. The second-order valence-corrected chi connectivity index (χ2v) is 29.1. The fourth-order valence-corrected chi connectivity index (χ4v) is 11.7. The average Bonchev–Trinajstić information content (AvgIpc) is 3.61. The number of phosphoric ester groups is 2. The second kappa shape index (κ2) is 57.9. The molecule has 3 N–H and O–H groups in total. The molecule has 0 aromatic heterocycles. The van der Waals surface area contributed by atoms with Crippen LogP contribution in [0.3, 0.4) is 0 Å². The molecule has 0 saturated heterocycles. The van der Waals surface area contributed by atoms with Crippen LogP contribution in [0.25, 0.3) is 0 Å². The molecular weight excluding hydrogens is 1150 g/mol. The van der Waals surface area contributed by atoms with E-state index in [2.05, 4.69) is 55.4 Å². The summed E-state index contributed by atoms with van der Waals surface area (Å²) in [5, 5.41) is 10.6. The highest BCUT2D eigenvalue weighted by atomic mass is 31.2. The van der Waals surface area contributed by atoms with Gasteiger partial charge in [0.15, 0.2) is 12.2 Å². The van der Waals surface area contributed by atoms with Crippen LogP contribution in [-0.4, -0.2) is 96.7 Å². The van der Waals surface area contributed by atoms with Crippen molar-refractivity contribution in [3.8, 4) is 0 Å². The number of esters is 4. The molecule has 0 aliphatic heterocycles. The average molecular weight is 1280 g/mol. The Morgan fingerprint density at radius 1 is 0.322 bits per heavy atom. The van der Waals surface area contributed by atoms with Gasteiger partial charge in [-0.25, -0.2) is 9.13 Å². The number of rotatable bonds is 65. The van der Waals surface area contributed by atoms with Crippen LogP contribution >= 0.6 is 15.6 Å². The van der Waals surface area contributed by atoms with E-state index in [1.165, 1.54) is 128 Å². The molecule has 0 aromatic carbocycles. The zero-order valence-corrected chi connectivity index (χ0v) is 58.4. The lowest BCUT2D eigenvalue weighted by Crippen LogP contribution is -2.30. The number of hydrogen-bond donors (Lipinski definition) is 3. The Bertz CT molecular complexity index is 1730. The minimum atomic E-state index is -4.95. The van der Waals surface area contributed by atoms with Crippen molar-refractivity contribution < 1.29 is 80.2 Å². The Balaban J connectivity index is 5.19. The number of aliphatic hydroxyl groups is 1. The molecule has 0 radical (unpaired) electrons. The zero-order chi connectivity index (χ0) is 64.7. The first-order valence-electron chi connectivity index (χ1n) is 35.2. The van der Waals surface area contributed by atoms with Crippen LogP contribution in [0, 0.1) is 23.7 Å². The fraction of sp³-hybridized carbons (Fsp3) is 0.941. The summed E-state index contributed by atoms with van der Waals surface area (Å²) in [6.45, 7) is 14.0. The number of hydrogen-bond acceptors (Lipinski definition) is 15. The minimum absolute atomic E-state index is 0.101. The van der Waals surface area contributed by atoms with Crippen molar-refractivity contribution in [2.75, 3.05) is 39.6 Å². The Morgan fingerprint density at radius 3 is 0.816 bits per heavy atom. The standard InChI is InChI=1S/C68H132O17P2/c1-9-61(8)47-39-31-21-16-14-12-10-11-13-15-17-23-34-42-50-67(72)84-63(55-79-66(71)49-41-33-26-24-29-37-45-59(4)5)56-82-86(74,75)80-52-62(69)53-81-87(76,77)83-57-64(85-68(73)51-43-35-27-25-30-38-46-60(6)7)54-78-65(70)48-40-32-22-19-18-20-28-36-44-58(2)3/h58-64,69H,9-57H2,1-8H3,(H,74,75)(H,76,77)/t61?,62?,63-,64-/m1/s1. The van der Waals surface area contributed by atoms with Gasteiger partial charge in [-0.15, -0.1) is 0 Å². The van der Waals surface area contributed by atoms with E-state index in [-0.39, 0.29) is 25.7 Å². The normalized spacial score (nSPS) is 14.6. The van der Waals surface area contributed by atoms with Crippen LogP contribution in [0.4, 0.5) is 0 Å². The summed E-state index contributed by atoms with van der Waals surface area (Å²) in [5.41, 5.74) is 0. The van der Waals surface area contributed by atoms with Crippen LogP contribution in [0.5, 0.6) is 0 Å². The highest BCUT2D eigenvalue weighted by Gasteiger charge is 2.30. The molecule has 0 aliphatic rings. The van der Waals surface area contributed by atoms with Crippen LogP contribution in [0.1, 0.15) is 331 Å². The molecule has 0 spiro atoms. The maximum absolute atomic E-state index is 13.0. The molecule has 0 heterocycles. The van der Waals surface area contributed by atoms with Gasteiger partial charge < -0.3 is 33.8 Å². The van der Waals surface area contributed by atoms with Gasteiger partial charge in [-0.3, -0.25) is 37.3 Å². The van der Waals surface area contributed by atoms with Gasteiger partial charge in [0.1, 0.15) is 19.3 Å². The number of carbonyl (C=O) groups excluding carboxylic acids is 4. The summed E-state index contributed by atoms with van der Waals surface area (Å²) in [7, 11) is -9.89. The van der Waals surface area contributed by atoms with Gasteiger partial charge in [0.25, 0.3) is 0 Å². The Hall–Kier alpha value is -1.94. The van der Waals surface area contributed by atoms with Crippen LogP contribution in [0.15, 0.2) is 0 Å². The van der Waals surface area contributed by atoms with Gasteiger partial charge in [0, 0.05) is 25.7 Å². The van der Waals surface area contributed by atoms with Crippen LogP contribution in [0.2, 0.25) is 0 Å². The highest BCUT2D eigenvalue weighted by molar-refractivity contribution is 7.47. The summed E-state index contributed by atoms with van der Waals surface area (Å²) in [6, 6.07) is 0. The number of unbranched alkanes of at least 4 members (excludes halogenated alkanes) is 30. The van der Waals surface area contributed by atoms with Crippen molar-refractivity contribution in [2.45, 2.75) is 350 Å². The van der Waals surface area contributed by atoms with Crippen molar-refractivity contribution in [3.63, 3.8) is 0 Å². The molecule has 0 aromatic rings.